The Morgan fingerprint density at radius 2 is 2.15 bits per heavy atom. The second-order valence-electron chi connectivity index (χ2n) is 2.90. The first-order valence-corrected chi connectivity index (χ1v) is 4.75. The molecule has 0 aromatic carbocycles. The molecular weight excluding hydrogens is 232 g/mol. The van der Waals surface area contributed by atoms with Crippen LogP contribution in [0.25, 0.3) is 11.5 Å². The average molecular weight is 241 g/mol. The number of aromatic amines is 1. The van der Waals surface area contributed by atoms with Gasteiger partial charge in [-0.15, -0.1) is 0 Å². The summed E-state index contributed by atoms with van der Waals surface area (Å²) in [5.74, 6) is 2.55. The monoisotopic (exact) mass is 240 g/mol. The van der Waals surface area contributed by atoms with Crippen LogP contribution in [0.4, 0.5) is 0 Å². The molecule has 0 bridgehead atoms. The van der Waals surface area contributed by atoms with Crippen LogP contribution in [0.1, 0.15) is 11.6 Å². The van der Waals surface area contributed by atoms with Crippen molar-refractivity contribution < 1.29 is 4.42 Å². The van der Waals surface area contributed by atoms with Crippen molar-refractivity contribution in [3.63, 3.8) is 0 Å². The Bertz CT molecular complexity index is 431. The Labute approximate surface area is 84.3 Å². The van der Waals surface area contributed by atoms with Gasteiger partial charge in [-0.1, -0.05) is 0 Å². The largest absolute Gasteiger partial charge is 0.460 e. The van der Waals surface area contributed by atoms with Gasteiger partial charge < -0.3 is 9.40 Å². The molecule has 0 amide bonds. The summed E-state index contributed by atoms with van der Waals surface area (Å²) in [6, 6.07) is 3.83. The maximum absolute atomic E-state index is 5.45. The third-order valence-electron chi connectivity index (χ3n) is 1.75. The first-order valence-electron chi connectivity index (χ1n) is 3.96. The number of halogens is 1. The number of nitrogens with one attached hydrogen (secondary N) is 1. The molecule has 0 fully saturated rings. The third-order valence-corrected chi connectivity index (χ3v) is 2.33. The smallest absolute Gasteiger partial charge is 0.155 e. The molecule has 2 heterocycles. The Hall–Kier alpha value is -1.03. The minimum Gasteiger partial charge on any atom is -0.460 e. The molecule has 0 aliphatic heterocycles. The molecule has 1 N–H and O–H groups in total. The number of H-pyrrole nitrogens is 1. The average Bonchev–Trinajstić information content (AvgIpc) is 2.58. The van der Waals surface area contributed by atoms with Gasteiger partial charge in [0.1, 0.15) is 21.9 Å². The van der Waals surface area contributed by atoms with Gasteiger partial charge in [0.25, 0.3) is 0 Å². The number of hydrogen-bond donors (Lipinski definition) is 1. The SMILES string of the molecule is Cc1nc(-c2ccc(C)o2)c(Br)[nH]1. The highest BCUT2D eigenvalue weighted by Crippen LogP contribution is 2.27. The van der Waals surface area contributed by atoms with Crippen LogP contribution in [0.2, 0.25) is 0 Å². The fourth-order valence-electron chi connectivity index (χ4n) is 1.19. The molecule has 2 rings (SSSR count). The van der Waals surface area contributed by atoms with E-state index in [9.17, 15) is 0 Å². The molecule has 0 radical (unpaired) electrons. The molecule has 13 heavy (non-hydrogen) atoms. The van der Waals surface area contributed by atoms with Crippen LogP contribution in [0.5, 0.6) is 0 Å². The number of aryl methyl sites for hydroxylation is 2. The van der Waals surface area contributed by atoms with Gasteiger partial charge in [-0.2, -0.15) is 0 Å². The molecule has 0 saturated carbocycles. The molecule has 0 aliphatic rings. The molecule has 0 saturated heterocycles. The first kappa shape index (κ1) is 8.56. The van der Waals surface area contributed by atoms with E-state index in [1.165, 1.54) is 0 Å². The van der Waals surface area contributed by atoms with Gasteiger partial charge in [0.15, 0.2) is 5.76 Å². The van der Waals surface area contributed by atoms with Crippen LogP contribution < -0.4 is 0 Å². The fourth-order valence-corrected chi connectivity index (χ4v) is 1.76. The minimum atomic E-state index is 0.786. The van der Waals surface area contributed by atoms with Crippen LogP contribution in [-0.2, 0) is 0 Å². The van der Waals surface area contributed by atoms with E-state index in [1.54, 1.807) is 0 Å². The summed E-state index contributed by atoms with van der Waals surface area (Å²) < 4.78 is 6.31. The van der Waals surface area contributed by atoms with Gasteiger partial charge in [-0.05, 0) is 41.9 Å². The van der Waals surface area contributed by atoms with Gasteiger partial charge >= 0.3 is 0 Å². The number of rotatable bonds is 1. The van der Waals surface area contributed by atoms with Crippen LogP contribution in [-0.4, -0.2) is 9.97 Å². The van der Waals surface area contributed by atoms with Crippen molar-refractivity contribution in [2.75, 3.05) is 0 Å². The van der Waals surface area contributed by atoms with E-state index >= 15 is 0 Å². The lowest BCUT2D eigenvalue weighted by Gasteiger charge is -1.89. The molecule has 2 aromatic rings. The van der Waals surface area contributed by atoms with Crippen molar-refractivity contribution in [1.29, 1.82) is 0 Å². The number of imidazole rings is 1. The number of aromatic nitrogens is 2. The summed E-state index contributed by atoms with van der Waals surface area (Å²) in [6.45, 7) is 3.82. The van der Waals surface area contributed by atoms with E-state index in [0.29, 0.717) is 0 Å². The predicted octanol–water partition coefficient (Wildman–Crippen LogP) is 3.05. The van der Waals surface area contributed by atoms with Crippen molar-refractivity contribution in [3.8, 4) is 11.5 Å². The fraction of sp³-hybridized carbons (Fsp3) is 0.222. The maximum atomic E-state index is 5.45. The normalized spacial score (nSPS) is 10.7. The summed E-state index contributed by atoms with van der Waals surface area (Å²) >= 11 is 3.39. The summed E-state index contributed by atoms with van der Waals surface area (Å²) in [5.41, 5.74) is 0.825. The van der Waals surface area contributed by atoms with Crippen LogP contribution in [0.3, 0.4) is 0 Å². The van der Waals surface area contributed by atoms with E-state index in [0.717, 1.165) is 27.6 Å². The number of nitrogens with zero attached hydrogens (tertiary/aromatic N) is 1. The van der Waals surface area contributed by atoms with Crippen LogP contribution >= 0.6 is 15.9 Å². The molecule has 0 unspecified atom stereocenters. The zero-order valence-electron chi connectivity index (χ0n) is 7.39. The van der Waals surface area contributed by atoms with Crippen molar-refractivity contribution >= 4 is 15.9 Å². The Balaban J connectivity index is 2.51. The van der Waals surface area contributed by atoms with Gasteiger partial charge in [-0.3, -0.25) is 0 Å². The van der Waals surface area contributed by atoms with E-state index in [-0.39, 0.29) is 0 Å². The van der Waals surface area contributed by atoms with Crippen molar-refractivity contribution in [3.05, 3.63) is 28.3 Å². The Kier molecular flexibility index (Phi) is 2.00. The highest BCUT2D eigenvalue weighted by molar-refractivity contribution is 9.10. The van der Waals surface area contributed by atoms with Gasteiger partial charge in [-0.25, -0.2) is 4.98 Å². The van der Waals surface area contributed by atoms with Crippen LogP contribution in [0, 0.1) is 13.8 Å². The third kappa shape index (κ3) is 1.54. The maximum Gasteiger partial charge on any atom is 0.155 e. The summed E-state index contributed by atoms with van der Waals surface area (Å²) in [5, 5.41) is 0. The highest BCUT2D eigenvalue weighted by Gasteiger charge is 2.10. The second-order valence-corrected chi connectivity index (χ2v) is 3.69. The topological polar surface area (TPSA) is 41.8 Å². The molecule has 0 atom stereocenters. The lowest BCUT2D eigenvalue weighted by molar-refractivity contribution is 0.546. The Morgan fingerprint density at radius 3 is 2.62 bits per heavy atom. The van der Waals surface area contributed by atoms with E-state index in [1.807, 2.05) is 26.0 Å². The van der Waals surface area contributed by atoms with E-state index in [2.05, 4.69) is 25.9 Å². The zero-order valence-corrected chi connectivity index (χ0v) is 8.97. The standard InChI is InChI=1S/C9H9BrN2O/c1-5-3-4-7(13-5)8-9(10)12-6(2)11-8/h3-4H,1-2H3,(H,11,12). The van der Waals surface area contributed by atoms with Crippen LogP contribution in [0.15, 0.2) is 21.2 Å². The van der Waals surface area contributed by atoms with E-state index in [4.69, 9.17) is 4.42 Å². The van der Waals surface area contributed by atoms with Crippen molar-refractivity contribution in [2.24, 2.45) is 0 Å². The number of furan rings is 1. The second kappa shape index (κ2) is 3.03. The summed E-state index contributed by atoms with van der Waals surface area (Å²) in [7, 11) is 0. The minimum absolute atomic E-state index is 0.786. The first-order chi connectivity index (χ1) is 6.16. The van der Waals surface area contributed by atoms with Gasteiger partial charge in [0.2, 0.25) is 0 Å². The van der Waals surface area contributed by atoms with Crippen molar-refractivity contribution in [1.82, 2.24) is 9.97 Å². The highest BCUT2D eigenvalue weighted by atomic mass is 79.9. The molecule has 0 spiro atoms. The van der Waals surface area contributed by atoms with E-state index < -0.39 is 0 Å². The summed E-state index contributed by atoms with van der Waals surface area (Å²) in [4.78, 5) is 7.36. The lowest BCUT2D eigenvalue weighted by Crippen LogP contribution is -1.74. The van der Waals surface area contributed by atoms with Gasteiger partial charge in [0.05, 0.1) is 0 Å². The van der Waals surface area contributed by atoms with Gasteiger partial charge in [0, 0.05) is 0 Å². The lowest BCUT2D eigenvalue weighted by atomic mass is 10.3. The molecule has 4 heteroatoms. The Morgan fingerprint density at radius 1 is 1.38 bits per heavy atom. The molecule has 68 valence electrons. The van der Waals surface area contributed by atoms with Crippen molar-refractivity contribution in [2.45, 2.75) is 13.8 Å². The number of hydrogen-bond acceptors (Lipinski definition) is 2. The summed E-state index contributed by atoms with van der Waals surface area (Å²) in [6.07, 6.45) is 0. The molecule has 0 aliphatic carbocycles. The molecule has 2 aromatic heterocycles. The molecule has 3 nitrogen and oxygen atoms in total. The molecular formula is C9H9BrN2O. The zero-order chi connectivity index (χ0) is 9.42. The predicted molar refractivity (Wildman–Crippen MR) is 53.5 cm³/mol. The quantitative estimate of drug-likeness (QED) is 0.833.